The SMILES string of the molecule is Cc1ccn(Cc2cc3c(Cl)cccc3nc2-c2ccccc2C(F)(F)F)n1. The van der Waals surface area contributed by atoms with E-state index in [1.807, 2.05) is 13.0 Å². The van der Waals surface area contributed by atoms with Crippen molar-refractivity contribution in [3.8, 4) is 11.3 Å². The number of aromatic nitrogens is 3. The van der Waals surface area contributed by atoms with Crippen LogP contribution >= 0.6 is 11.6 Å². The molecule has 4 aromatic rings. The van der Waals surface area contributed by atoms with Gasteiger partial charge in [0.15, 0.2) is 0 Å². The van der Waals surface area contributed by atoms with Gasteiger partial charge in [-0.2, -0.15) is 18.3 Å². The number of nitrogens with zero attached hydrogens (tertiary/aromatic N) is 3. The lowest BCUT2D eigenvalue weighted by Crippen LogP contribution is -2.10. The fourth-order valence-corrected chi connectivity index (χ4v) is 3.44. The number of alkyl halides is 3. The van der Waals surface area contributed by atoms with Crippen molar-refractivity contribution >= 4 is 22.5 Å². The zero-order valence-electron chi connectivity index (χ0n) is 14.8. The van der Waals surface area contributed by atoms with Gasteiger partial charge >= 0.3 is 6.18 Å². The highest BCUT2D eigenvalue weighted by molar-refractivity contribution is 6.35. The van der Waals surface area contributed by atoms with Crippen LogP contribution in [0.4, 0.5) is 13.2 Å². The fraction of sp³-hybridized carbons (Fsp3) is 0.143. The average Bonchev–Trinajstić information content (AvgIpc) is 3.06. The average molecular weight is 402 g/mol. The molecule has 0 amide bonds. The second kappa shape index (κ2) is 6.95. The molecule has 0 aliphatic heterocycles. The molecule has 0 fully saturated rings. The fourth-order valence-electron chi connectivity index (χ4n) is 3.22. The second-order valence-electron chi connectivity index (χ2n) is 6.50. The van der Waals surface area contributed by atoms with Crippen molar-refractivity contribution < 1.29 is 13.2 Å². The lowest BCUT2D eigenvalue weighted by Gasteiger charge is -2.16. The Labute approximate surface area is 164 Å². The maximum absolute atomic E-state index is 13.6. The summed E-state index contributed by atoms with van der Waals surface area (Å²) in [5.41, 5.74) is 1.57. The van der Waals surface area contributed by atoms with E-state index in [-0.39, 0.29) is 17.8 Å². The van der Waals surface area contributed by atoms with E-state index in [9.17, 15) is 13.2 Å². The summed E-state index contributed by atoms with van der Waals surface area (Å²) in [6, 6.07) is 14.3. The number of aryl methyl sites for hydroxylation is 1. The maximum atomic E-state index is 13.6. The van der Waals surface area contributed by atoms with Crippen LogP contribution in [0.2, 0.25) is 5.02 Å². The number of rotatable bonds is 3. The minimum Gasteiger partial charge on any atom is -0.268 e. The zero-order valence-corrected chi connectivity index (χ0v) is 15.6. The summed E-state index contributed by atoms with van der Waals surface area (Å²) in [7, 11) is 0. The van der Waals surface area contributed by atoms with Crippen LogP contribution in [0, 0.1) is 6.92 Å². The Kier molecular flexibility index (Phi) is 4.59. The standard InChI is InChI=1S/C21H15ClF3N3/c1-13-9-10-28(27-13)12-14-11-16-18(22)7-4-8-19(16)26-20(14)15-5-2-3-6-17(15)21(23,24)25/h2-11H,12H2,1H3. The molecule has 0 aliphatic carbocycles. The monoisotopic (exact) mass is 401 g/mol. The highest BCUT2D eigenvalue weighted by atomic mass is 35.5. The van der Waals surface area contributed by atoms with Gasteiger partial charge in [-0.3, -0.25) is 4.68 Å². The van der Waals surface area contributed by atoms with Crippen molar-refractivity contribution in [3.63, 3.8) is 0 Å². The third-order valence-corrected chi connectivity index (χ3v) is 4.81. The highest BCUT2D eigenvalue weighted by Crippen LogP contribution is 2.38. The Morgan fingerprint density at radius 1 is 1.04 bits per heavy atom. The van der Waals surface area contributed by atoms with Gasteiger partial charge < -0.3 is 0 Å². The molecule has 0 saturated heterocycles. The summed E-state index contributed by atoms with van der Waals surface area (Å²) in [6.45, 7) is 2.13. The van der Waals surface area contributed by atoms with E-state index in [0.717, 1.165) is 11.8 Å². The summed E-state index contributed by atoms with van der Waals surface area (Å²) in [6.07, 6.45) is -2.70. The van der Waals surface area contributed by atoms with E-state index in [1.165, 1.54) is 12.1 Å². The number of halogens is 4. The molecule has 0 N–H and O–H groups in total. The van der Waals surface area contributed by atoms with Gasteiger partial charge in [0.25, 0.3) is 0 Å². The van der Waals surface area contributed by atoms with Gasteiger partial charge in [-0.1, -0.05) is 35.9 Å². The van der Waals surface area contributed by atoms with Crippen LogP contribution < -0.4 is 0 Å². The molecule has 0 aliphatic rings. The van der Waals surface area contributed by atoms with Crippen molar-refractivity contribution in [2.24, 2.45) is 0 Å². The van der Waals surface area contributed by atoms with Gasteiger partial charge in [0.05, 0.1) is 29.0 Å². The van der Waals surface area contributed by atoms with Crippen LogP contribution in [0.25, 0.3) is 22.2 Å². The highest BCUT2D eigenvalue weighted by Gasteiger charge is 2.34. The van der Waals surface area contributed by atoms with Crippen molar-refractivity contribution in [2.45, 2.75) is 19.6 Å². The molecule has 7 heteroatoms. The molecule has 4 rings (SSSR count). The van der Waals surface area contributed by atoms with Gasteiger partial charge in [-0.15, -0.1) is 0 Å². The molecule has 142 valence electrons. The van der Waals surface area contributed by atoms with Crippen LogP contribution in [0.15, 0.2) is 60.8 Å². The van der Waals surface area contributed by atoms with Crippen LogP contribution in [0.5, 0.6) is 0 Å². The Morgan fingerprint density at radius 3 is 2.54 bits per heavy atom. The Hall–Kier alpha value is -2.86. The van der Waals surface area contributed by atoms with E-state index in [1.54, 1.807) is 41.2 Å². The smallest absolute Gasteiger partial charge is 0.268 e. The van der Waals surface area contributed by atoms with Crippen LogP contribution in [0.1, 0.15) is 16.8 Å². The van der Waals surface area contributed by atoms with E-state index in [0.29, 0.717) is 21.5 Å². The number of hydrogen-bond donors (Lipinski definition) is 0. The zero-order chi connectivity index (χ0) is 19.9. The van der Waals surface area contributed by atoms with E-state index < -0.39 is 11.7 Å². The van der Waals surface area contributed by atoms with Gasteiger partial charge in [0.1, 0.15) is 0 Å². The summed E-state index contributed by atoms with van der Waals surface area (Å²) in [5.74, 6) is 0. The summed E-state index contributed by atoms with van der Waals surface area (Å²) >= 11 is 6.30. The first kappa shape index (κ1) is 18.5. The number of hydrogen-bond acceptors (Lipinski definition) is 2. The molecule has 0 radical (unpaired) electrons. The summed E-state index contributed by atoms with van der Waals surface area (Å²) < 4.78 is 42.5. The Morgan fingerprint density at radius 2 is 1.82 bits per heavy atom. The molecule has 2 aromatic heterocycles. The summed E-state index contributed by atoms with van der Waals surface area (Å²) in [4.78, 5) is 4.56. The maximum Gasteiger partial charge on any atom is 0.417 e. The Balaban J connectivity index is 1.98. The third-order valence-electron chi connectivity index (χ3n) is 4.48. The quantitative estimate of drug-likeness (QED) is 0.413. The van der Waals surface area contributed by atoms with Gasteiger partial charge in [-0.05, 0) is 37.3 Å². The summed E-state index contributed by atoms with van der Waals surface area (Å²) in [5, 5.41) is 5.54. The number of benzene rings is 2. The number of fused-ring (bicyclic) bond motifs is 1. The topological polar surface area (TPSA) is 30.7 Å². The van der Waals surface area contributed by atoms with Crippen LogP contribution in [-0.4, -0.2) is 14.8 Å². The molecule has 0 bridgehead atoms. The van der Waals surface area contributed by atoms with Crippen molar-refractivity contribution in [1.82, 2.24) is 14.8 Å². The molecule has 2 heterocycles. The van der Waals surface area contributed by atoms with Crippen molar-refractivity contribution in [3.05, 3.63) is 82.6 Å². The first-order valence-corrected chi connectivity index (χ1v) is 8.95. The largest absolute Gasteiger partial charge is 0.417 e. The third kappa shape index (κ3) is 3.47. The molecular weight excluding hydrogens is 387 g/mol. The lowest BCUT2D eigenvalue weighted by atomic mass is 9.98. The molecule has 0 atom stereocenters. The normalized spacial score (nSPS) is 11.9. The minimum atomic E-state index is -4.48. The first-order chi connectivity index (χ1) is 13.3. The minimum absolute atomic E-state index is 0.0377. The van der Waals surface area contributed by atoms with Crippen LogP contribution in [0.3, 0.4) is 0 Å². The second-order valence-corrected chi connectivity index (χ2v) is 6.91. The Bertz CT molecular complexity index is 1170. The van der Waals surface area contributed by atoms with Crippen LogP contribution in [-0.2, 0) is 12.7 Å². The molecule has 0 unspecified atom stereocenters. The molecule has 2 aromatic carbocycles. The predicted octanol–water partition coefficient (Wildman–Crippen LogP) is 6.13. The lowest BCUT2D eigenvalue weighted by molar-refractivity contribution is -0.137. The molecule has 28 heavy (non-hydrogen) atoms. The number of pyridine rings is 1. The van der Waals surface area contributed by atoms with Gasteiger partial charge in [0.2, 0.25) is 0 Å². The first-order valence-electron chi connectivity index (χ1n) is 8.58. The van der Waals surface area contributed by atoms with Crippen molar-refractivity contribution in [2.75, 3.05) is 0 Å². The molecule has 3 nitrogen and oxygen atoms in total. The van der Waals surface area contributed by atoms with E-state index >= 15 is 0 Å². The molecule has 0 spiro atoms. The van der Waals surface area contributed by atoms with E-state index in [4.69, 9.17) is 11.6 Å². The van der Waals surface area contributed by atoms with Gasteiger partial charge in [0, 0.05) is 27.7 Å². The molecule has 0 saturated carbocycles. The van der Waals surface area contributed by atoms with Gasteiger partial charge in [-0.25, -0.2) is 4.98 Å². The molecular formula is C21H15ClF3N3. The van der Waals surface area contributed by atoms with Crippen molar-refractivity contribution in [1.29, 1.82) is 0 Å². The van der Waals surface area contributed by atoms with E-state index in [2.05, 4.69) is 10.1 Å². The predicted molar refractivity (Wildman–Crippen MR) is 103 cm³/mol.